The lowest BCUT2D eigenvalue weighted by molar-refractivity contribution is -0.114. The van der Waals surface area contributed by atoms with Gasteiger partial charge in [-0.25, -0.2) is 0 Å². The fraction of sp³-hybridized carbons (Fsp3) is 0.429. The quantitative estimate of drug-likeness (QED) is 0.692. The van der Waals surface area contributed by atoms with Crippen LogP contribution in [0.3, 0.4) is 0 Å². The summed E-state index contributed by atoms with van der Waals surface area (Å²) in [7, 11) is 5.58. The second-order valence-corrected chi connectivity index (χ2v) is 5.19. The van der Waals surface area contributed by atoms with E-state index in [4.69, 9.17) is 17.0 Å². The van der Waals surface area contributed by atoms with E-state index in [1.54, 1.807) is 25.3 Å². The molecule has 0 fully saturated rings. The Kier molecular flexibility index (Phi) is 6.90. The van der Waals surface area contributed by atoms with Gasteiger partial charge in [-0.15, -0.1) is 0 Å². The molecule has 0 aliphatic heterocycles. The van der Waals surface area contributed by atoms with Crippen molar-refractivity contribution < 1.29 is 9.53 Å². The van der Waals surface area contributed by atoms with E-state index < -0.39 is 0 Å². The van der Waals surface area contributed by atoms with Crippen molar-refractivity contribution in [1.82, 2.24) is 10.2 Å². The molecule has 1 rings (SSSR count). The second kappa shape index (κ2) is 8.43. The minimum atomic E-state index is -0.127. The number of likely N-dealkylation sites (N-methyl/N-ethyl adjacent to an activating group) is 1. The van der Waals surface area contributed by atoms with Gasteiger partial charge in [0.25, 0.3) is 0 Å². The van der Waals surface area contributed by atoms with E-state index in [2.05, 4.69) is 20.9 Å². The first-order chi connectivity index (χ1) is 9.92. The molecule has 0 saturated heterocycles. The average molecular weight is 310 g/mol. The normalized spacial score (nSPS) is 10.1. The van der Waals surface area contributed by atoms with Gasteiger partial charge in [-0.1, -0.05) is 0 Å². The van der Waals surface area contributed by atoms with Crippen LogP contribution in [-0.4, -0.2) is 50.2 Å². The van der Waals surface area contributed by atoms with E-state index in [-0.39, 0.29) is 5.91 Å². The predicted octanol–water partition coefficient (Wildman–Crippen LogP) is 1.50. The van der Waals surface area contributed by atoms with E-state index >= 15 is 0 Å². The number of hydrogen-bond donors (Lipinski definition) is 3. The largest absolute Gasteiger partial charge is 0.495 e. The van der Waals surface area contributed by atoms with E-state index in [0.29, 0.717) is 22.2 Å². The summed E-state index contributed by atoms with van der Waals surface area (Å²) in [6.07, 6.45) is 0. The van der Waals surface area contributed by atoms with Crippen molar-refractivity contribution in [3.8, 4) is 5.75 Å². The van der Waals surface area contributed by atoms with Gasteiger partial charge in [0.15, 0.2) is 5.11 Å². The Morgan fingerprint density at radius 1 is 1.33 bits per heavy atom. The van der Waals surface area contributed by atoms with Crippen LogP contribution >= 0.6 is 12.2 Å². The summed E-state index contributed by atoms with van der Waals surface area (Å²) < 4.78 is 5.28. The lowest BCUT2D eigenvalue weighted by atomic mass is 10.2. The highest BCUT2D eigenvalue weighted by molar-refractivity contribution is 7.80. The minimum absolute atomic E-state index is 0.127. The van der Waals surface area contributed by atoms with Crippen LogP contribution in [0.5, 0.6) is 5.75 Å². The highest BCUT2D eigenvalue weighted by Crippen LogP contribution is 2.27. The van der Waals surface area contributed by atoms with Gasteiger partial charge in [0, 0.05) is 25.7 Å². The molecule has 0 aliphatic carbocycles. The molecule has 0 bridgehead atoms. The third kappa shape index (κ3) is 6.42. The smallest absolute Gasteiger partial charge is 0.221 e. The van der Waals surface area contributed by atoms with Gasteiger partial charge in [0.1, 0.15) is 5.75 Å². The van der Waals surface area contributed by atoms with Crippen molar-refractivity contribution in [2.45, 2.75) is 6.92 Å². The van der Waals surface area contributed by atoms with Gasteiger partial charge < -0.3 is 25.6 Å². The average Bonchev–Trinajstić information content (AvgIpc) is 2.37. The topological polar surface area (TPSA) is 65.6 Å². The highest BCUT2D eigenvalue weighted by Gasteiger charge is 2.07. The molecule has 0 atom stereocenters. The molecule has 3 N–H and O–H groups in total. The molecule has 0 unspecified atom stereocenters. The van der Waals surface area contributed by atoms with Crippen molar-refractivity contribution in [3.63, 3.8) is 0 Å². The van der Waals surface area contributed by atoms with Gasteiger partial charge in [0.2, 0.25) is 5.91 Å². The maximum absolute atomic E-state index is 11.1. The van der Waals surface area contributed by atoms with Crippen LogP contribution in [-0.2, 0) is 4.79 Å². The molecule has 0 aliphatic rings. The number of rotatable bonds is 6. The molecule has 1 aromatic rings. The second-order valence-electron chi connectivity index (χ2n) is 4.78. The van der Waals surface area contributed by atoms with Crippen LogP contribution in [0.2, 0.25) is 0 Å². The lowest BCUT2D eigenvalue weighted by Crippen LogP contribution is -2.34. The number of carbonyl (C=O) groups excluding carboxylic acids is 1. The number of methoxy groups -OCH3 is 1. The lowest BCUT2D eigenvalue weighted by Gasteiger charge is -2.16. The summed E-state index contributed by atoms with van der Waals surface area (Å²) in [6, 6.07) is 5.32. The molecular weight excluding hydrogens is 288 g/mol. The molecule has 1 amide bonds. The molecule has 0 radical (unpaired) electrons. The van der Waals surface area contributed by atoms with Gasteiger partial charge >= 0.3 is 0 Å². The molecule has 0 aromatic heterocycles. The van der Waals surface area contributed by atoms with Crippen molar-refractivity contribution in [2.75, 3.05) is 44.9 Å². The third-order valence-corrected chi connectivity index (χ3v) is 2.86. The molecule has 21 heavy (non-hydrogen) atoms. The van der Waals surface area contributed by atoms with Gasteiger partial charge in [-0.2, -0.15) is 0 Å². The number of ether oxygens (including phenoxy) is 1. The molecule has 1 aromatic carbocycles. The summed E-state index contributed by atoms with van der Waals surface area (Å²) in [6.45, 7) is 3.09. The summed E-state index contributed by atoms with van der Waals surface area (Å²) in [5, 5.41) is 9.42. The summed E-state index contributed by atoms with van der Waals surface area (Å²) in [5.74, 6) is 0.527. The fourth-order valence-corrected chi connectivity index (χ4v) is 1.86. The van der Waals surface area contributed by atoms with Gasteiger partial charge in [-0.3, -0.25) is 4.79 Å². The van der Waals surface area contributed by atoms with Crippen molar-refractivity contribution in [3.05, 3.63) is 18.2 Å². The zero-order valence-electron chi connectivity index (χ0n) is 12.8. The number of anilines is 2. The number of thiocarbonyl (C=S) groups is 1. The van der Waals surface area contributed by atoms with Crippen LogP contribution in [0.1, 0.15) is 6.92 Å². The zero-order chi connectivity index (χ0) is 15.8. The maximum Gasteiger partial charge on any atom is 0.221 e. The van der Waals surface area contributed by atoms with E-state index in [0.717, 1.165) is 13.1 Å². The molecule has 7 heteroatoms. The SMILES string of the molecule is COc1ccc(NC(C)=O)cc1NC(=S)NCCN(C)C. The van der Waals surface area contributed by atoms with Gasteiger partial charge in [-0.05, 0) is 44.5 Å². The first-order valence-corrected chi connectivity index (χ1v) is 6.98. The number of carbonyl (C=O) groups is 1. The van der Waals surface area contributed by atoms with Crippen molar-refractivity contribution in [2.24, 2.45) is 0 Å². The number of nitrogens with one attached hydrogen (secondary N) is 3. The van der Waals surface area contributed by atoms with E-state index in [9.17, 15) is 4.79 Å². The van der Waals surface area contributed by atoms with Crippen LogP contribution in [0, 0.1) is 0 Å². The molecule has 0 saturated carbocycles. The summed E-state index contributed by atoms with van der Waals surface area (Å²) >= 11 is 5.24. The maximum atomic E-state index is 11.1. The Morgan fingerprint density at radius 2 is 2.05 bits per heavy atom. The number of nitrogens with zero attached hydrogens (tertiary/aromatic N) is 1. The van der Waals surface area contributed by atoms with Crippen LogP contribution in [0.25, 0.3) is 0 Å². The Hall–Kier alpha value is -1.86. The Labute approximate surface area is 130 Å². The number of hydrogen-bond acceptors (Lipinski definition) is 4. The molecule has 0 heterocycles. The van der Waals surface area contributed by atoms with Crippen molar-refractivity contribution >= 4 is 34.6 Å². The van der Waals surface area contributed by atoms with Crippen LogP contribution < -0.4 is 20.7 Å². The first-order valence-electron chi connectivity index (χ1n) is 6.57. The summed E-state index contributed by atoms with van der Waals surface area (Å²) in [5.41, 5.74) is 1.38. The molecule has 116 valence electrons. The van der Waals surface area contributed by atoms with Crippen LogP contribution in [0.15, 0.2) is 18.2 Å². The molecule has 0 spiro atoms. The first kappa shape index (κ1) is 17.2. The third-order valence-electron chi connectivity index (χ3n) is 2.61. The van der Waals surface area contributed by atoms with E-state index in [1.165, 1.54) is 6.92 Å². The highest BCUT2D eigenvalue weighted by atomic mass is 32.1. The summed E-state index contributed by atoms with van der Waals surface area (Å²) in [4.78, 5) is 13.2. The Bertz CT molecular complexity index is 506. The predicted molar refractivity (Wildman–Crippen MR) is 90.1 cm³/mol. The van der Waals surface area contributed by atoms with Crippen LogP contribution in [0.4, 0.5) is 11.4 Å². The molecule has 6 nitrogen and oxygen atoms in total. The monoisotopic (exact) mass is 310 g/mol. The fourth-order valence-electron chi connectivity index (χ4n) is 1.65. The van der Waals surface area contributed by atoms with E-state index in [1.807, 2.05) is 14.1 Å². The molecular formula is C14H22N4O2S. The van der Waals surface area contributed by atoms with Crippen molar-refractivity contribution in [1.29, 1.82) is 0 Å². The minimum Gasteiger partial charge on any atom is -0.495 e. The zero-order valence-corrected chi connectivity index (χ0v) is 13.6. The number of benzene rings is 1. The van der Waals surface area contributed by atoms with Gasteiger partial charge in [0.05, 0.1) is 12.8 Å². The standard InChI is InChI=1S/C14H22N4O2S/c1-10(19)16-11-5-6-13(20-4)12(9-11)17-14(21)15-7-8-18(2)3/h5-6,9H,7-8H2,1-4H3,(H,16,19)(H2,15,17,21). The number of amides is 1. The Balaban J connectivity index is 2.70. The Morgan fingerprint density at radius 3 is 2.62 bits per heavy atom.